The van der Waals surface area contributed by atoms with Crippen molar-refractivity contribution in [2.45, 2.75) is 19.4 Å². The first-order valence-electron chi connectivity index (χ1n) is 3.48. The van der Waals surface area contributed by atoms with Crippen LogP contribution in [0.25, 0.3) is 0 Å². The van der Waals surface area contributed by atoms with Crippen LogP contribution in [0.3, 0.4) is 0 Å². The molecule has 1 rings (SSSR count). The molecule has 0 aromatic carbocycles. The fourth-order valence-electron chi connectivity index (χ4n) is 0.454. The molecular formula is C7H12O3. The molecule has 0 radical (unpaired) electrons. The number of ether oxygens (including phenoxy) is 1. The van der Waals surface area contributed by atoms with E-state index in [1.807, 2.05) is 13.0 Å². The first kappa shape index (κ1) is 7.57. The lowest BCUT2D eigenvalue weighted by Crippen LogP contribution is -1.98. The van der Waals surface area contributed by atoms with Crippen molar-refractivity contribution < 1.29 is 14.5 Å². The van der Waals surface area contributed by atoms with Crippen LogP contribution >= 0.6 is 0 Å². The maximum Gasteiger partial charge on any atom is 0.125 e. The fraction of sp³-hybridized carbons (Fsp3) is 0.714. The molecular weight excluding hydrogens is 132 g/mol. The Morgan fingerprint density at radius 1 is 1.70 bits per heavy atom. The largest absolute Gasteiger partial charge is 0.370 e. The summed E-state index contributed by atoms with van der Waals surface area (Å²) in [6.07, 6.45) is 4.66. The van der Waals surface area contributed by atoms with E-state index in [9.17, 15) is 0 Å². The van der Waals surface area contributed by atoms with Gasteiger partial charge in [0.15, 0.2) is 0 Å². The van der Waals surface area contributed by atoms with Gasteiger partial charge in [-0.25, -0.2) is 0 Å². The van der Waals surface area contributed by atoms with Crippen LogP contribution in [0.5, 0.6) is 0 Å². The van der Waals surface area contributed by atoms with Gasteiger partial charge >= 0.3 is 0 Å². The van der Waals surface area contributed by atoms with Gasteiger partial charge in [-0.05, 0) is 12.5 Å². The zero-order valence-corrected chi connectivity index (χ0v) is 6.08. The predicted octanol–water partition coefficient (Wildman–Crippen LogP) is 1.26. The summed E-state index contributed by atoms with van der Waals surface area (Å²) in [5.41, 5.74) is 0. The van der Waals surface area contributed by atoms with Gasteiger partial charge in [0.2, 0.25) is 0 Å². The molecule has 1 heterocycles. The molecule has 0 aromatic rings. The maximum atomic E-state index is 4.89. The molecule has 1 saturated heterocycles. The minimum absolute atomic E-state index is 0.273. The highest BCUT2D eigenvalue weighted by Gasteiger charge is 2.22. The van der Waals surface area contributed by atoms with E-state index in [1.165, 1.54) is 0 Å². The van der Waals surface area contributed by atoms with E-state index in [-0.39, 0.29) is 6.10 Å². The van der Waals surface area contributed by atoms with Crippen LogP contribution in [0.15, 0.2) is 12.3 Å². The summed E-state index contributed by atoms with van der Waals surface area (Å²) < 4.78 is 4.89. The third-order valence-corrected chi connectivity index (χ3v) is 1.11. The second-order valence-corrected chi connectivity index (χ2v) is 2.12. The van der Waals surface area contributed by atoms with Crippen molar-refractivity contribution >= 4 is 0 Å². The zero-order chi connectivity index (χ0) is 7.23. The van der Waals surface area contributed by atoms with Gasteiger partial charge in [-0.15, -0.1) is 0 Å². The van der Waals surface area contributed by atoms with E-state index in [4.69, 9.17) is 9.62 Å². The summed E-state index contributed by atoms with van der Waals surface area (Å²) >= 11 is 0. The molecule has 0 spiro atoms. The number of epoxide rings is 1. The molecule has 0 N–H and O–H groups in total. The van der Waals surface area contributed by atoms with Gasteiger partial charge in [-0.2, -0.15) is 4.89 Å². The quantitative estimate of drug-likeness (QED) is 0.191. The van der Waals surface area contributed by atoms with E-state index in [2.05, 4.69) is 4.89 Å². The Bertz CT molecular complexity index is 107. The van der Waals surface area contributed by atoms with Crippen molar-refractivity contribution in [1.82, 2.24) is 0 Å². The standard InChI is InChI=1S/C7H12O3/c1-2-3-4-9-10-6-7-5-8-7/h3-4,7H,2,5-6H2,1H3. The van der Waals surface area contributed by atoms with E-state index >= 15 is 0 Å². The highest BCUT2D eigenvalue weighted by atomic mass is 17.2. The van der Waals surface area contributed by atoms with Crippen molar-refractivity contribution in [3.05, 3.63) is 12.3 Å². The van der Waals surface area contributed by atoms with Gasteiger partial charge in [0, 0.05) is 0 Å². The predicted molar refractivity (Wildman–Crippen MR) is 36.2 cm³/mol. The lowest BCUT2D eigenvalue weighted by atomic mass is 10.5. The second kappa shape index (κ2) is 4.30. The summed E-state index contributed by atoms with van der Waals surface area (Å²) in [6.45, 7) is 3.37. The highest BCUT2D eigenvalue weighted by molar-refractivity contribution is 4.69. The van der Waals surface area contributed by atoms with Gasteiger partial charge in [0.25, 0.3) is 0 Å². The number of hydrogen-bond donors (Lipinski definition) is 0. The average molecular weight is 144 g/mol. The monoisotopic (exact) mass is 144 g/mol. The summed E-state index contributed by atoms with van der Waals surface area (Å²) in [5.74, 6) is 0. The van der Waals surface area contributed by atoms with Crippen molar-refractivity contribution in [2.24, 2.45) is 0 Å². The molecule has 1 fully saturated rings. The maximum absolute atomic E-state index is 4.89. The molecule has 0 amide bonds. The van der Waals surface area contributed by atoms with Crippen LogP contribution in [-0.2, 0) is 14.5 Å². The number of hydrogen-bond acceptors (Lipinski definition) is 3. The first-order chi connectivity index (χ1) is 4.93. The summed E-state index contributed by atoms with van der Waals surface area (Å²) in [7, 11) is 0. The van der Waals surface area contributed by atoms with Crippen molar-refractivity contribution in [3.8, 4) is 0 Å². The summed E-state index contributed by atoms with van der Waals surface area (Å²) in [5, 5.41) is 0. The molecule has 0 aliphatic carbocycles. The normalized spacial score (nSPS) is 23.5. The van der Waals surface area contributed by atoms with E-state index in [0.717, 1.165) is 13.0 Å². The van der Waals surface area contributed by atoms with Gasteiger partial charge in [0.05, 0.1) is 6.61 Å². The van der Waals surface area contributed by atoms with Crippen LogP contribution in [0.4, 0.5) is 0 Å². The number of allylic oxidation sites excluding steroid dienone is 1. The Morgan fingerprint density at radius 3 is 3.10 bits per heavy atom. The third kappa shape index (κ3) is 3.48. The Hall–Kier alpha value is -0.540. The Balaban J connectivity index is 1.80. The zero-order valence-electron chi connectivity index (χ0n) is 6.08. The van der Waals surface area contributed by atoms with Gasteiger partial charge in [0.1, 0.15) is 19.0 Å². The lowest BCUT2D eigenvalue weighted by Gasteiger charge is -1.95. The third-order valence-electron chi connectivity index (χ3n) is 1.11. The van der Waals surface area contributed by atoms with Crippen molar-refractivity contribution in [2.75, 3.05) is 13.2 Å². The molecule has 0 saturated carbocycles. The molecule has 58 valence electrons. The lowest BCUT2D eigenvalue weighted by molar-refractivity contribution is -0.250. The Labute approximate surface area is 60.5 Å². The molecule has 0 bridgehead atoms. The van der Waals surface area contributed by atoms with Crippen molar-refractivity contribution in [1.29, 1.82) is 0 Å². The Morgan fingerprint density at radius 2 is 2.50 bits per heavy atom. The highest BCUT2D eigenvalue weighted by Crippen LogP contribution is 2.08. The molecule has 0 aromatic heterocycles. The first-order valence-corrected chi connectivity index (χ1v) is 3.48. The average Bonchev–Trinajstić information content (AvgIpc) is 2.71. The molecule has 3 heteroatoms. The molecule has 3 nitrogen and oxygen atoms in total. The van der Waals surface area contributed by atoms with E-state index in [1.54, 1.807) is 6.26 Å². The topological polar surface area (TPSA) is 31.0 Å². The van der Waals surface area contributed by atoms with Gasteiger partial charge < -0.3 is 9.62 Å². The second-order valence-electron chi connectivity index (χ2n) is 2.12. The Kier molecular flexibility index (Phi) is 3.26. The number of rotatable bonds is 5. The van der Waals surface area contributed by atoms with Crippen LogP contribution in [0.1, 0.15) is 13.3 Å². The minimum Gasteiger partial charge on any atom is -0.370 e. The van der Waals surface area contributed by atoms with Crippen molar-refractivity contribution in [3.63, 3.8) is 0 Å². The van der Waals surface area contributed by atoms with Crippen LogP contribution in [-0.4, -0.2) is 19.3 Å². The molecule has 1 atom stereocenters. The fourth-order valence-corrected chi connectivity index (χ4v) is 0.454. The van der Waals surface area contributed by atoms with Gasteiger partial charge in [-0.3, -0.25) is 0 Å². The summed E-state index contributed by atoms with van der Waals surface area (Å²) in [6, 6.07) is 0. The van der Waals surface area contributed by atoms with Crippen LogP contribution < -0.4 is 0 Å². The molecule has 1 aliphatic rings. The summed E-state index contributed by atoms with van der Waals surface area (Å²) in [4.78, 5) is 9.41. The smallest absolute Gasteiger partial charge is 0.125 e. The minimum atomic E-state index is 0.273. The van der Waals surface area contributed by atoms with Gasteiger partial charge in [-0.1, -0.05) is 6.92 Å². The SMILES string of the molecule is CCC=COOCC1CO1. The van der Waals surface area contributed by atoms with E-state index < -0.39 is 0 Å². The molecule has 10 heavy (non-hydrogen) atoms. The van der Waals surface area contributed by atoms with Crippen LogP contribution in [0, 0.1) is 0 Å². The molecule has 1 unspecified atom stereocenters. The van der Waals surface area contributed by atoms with Crippen LogP contribution in [0.2, 0.25) is 0 Å². The molecule has 1 aliphatic heterocycles. The van der Waals surface area contributed by atoms with E-state index in [0.29, 0.717) is 6.61 Å².